The van der Waals surface area contributed by atoms with Crippen molar-refractivity contribution in [3.05, 3.63) is 129 Å². The average Bonchev–Trinajstić information content (AvgIpc) is 3.29. The highest BCUT2D eigenvalue weighted by Gasteiger charge is 2.32. The number of nitrogens with zero attached hydrogens (tertiary/aromatic N) is 7. The quantitative estimate of drug-likeness (QED) is 0.0219. The molecular formula is C41H43Cl4N11O12. The molecule has 0 aliphatic heterocycles. The van der Waals surface area contributed by atoms with Crippen molar-refractivity contribution < 1.29 is 38.9 Å². The van der Waals surface area contributed by atoms with Gasteiger partial charge in [0.1, 0.15) is 22.5 Å². The number of carbonyl (C=O) groups is 4. The second-order valence-electron chi connectivity index (χ2n) is 14.6. The first-order chi connectivity index (χ1) is 32.3. The lowest BCUT2D eigenvalue weighted by atomic mass is 10.1. The van der Waals surface area contributed by atoms with E-state index < -0.39 is 77.2 Å². The molecular weight excluding hydrogens is 980 g/mol. The number of nitro benzene ring substituents is 4. The third kappa shape index (κ3) is 14.3. The van der Waals surface area contributed by atoms with Crippen LogP contribution in [0.2, 0.25) is 0 Å². The van der Waals surface area contributed by atoms with Gasteiger partial charge in [0.05, 0.1) is 31.8 Å². The van der Waals surface area contributed by atoms with Gasteiger partial charge in [-0.3, -0.25) is 59.6 Å². The lowest BCUT2D eigenvalue weighted by Crippen LogP contribution is -2.29. The molecule has 4 aromatic rings. The fraction of sp³-hybridized carbons (Fsp3) is 0.317. The normalized spacial score (nSPS) is 10.8. The molecule has 4 N–H and O–H groups in total. The molecule has 0 aromatic heterocycles. The first-order valence-electron chi connectivity index (χ1n) is 20.1. The number of carbonyl (C=O) groups excluding carboxylic acids is 4. The van der Waals surface area contributed by atoms with Crippen molar-refractivity contribution in [2.45, 2.75) is 6.42 Å². The summed E-state index contributed by atoms with van der Waals surface area (Å²) in [5.74, 6) is -3.63. The monoisotopic (exact) mass is 1020 g/mol. The first-order valence-corrected chi connectivity index (χ1v) is 22.3. The molecule has 23 nitrogen and oxygen atoms in total. The van der Waals surface area contributed by atoms with Crippen LogP contribution in [-0.4, -0.2) is 125 Å². The maximum absolute atomic E-state index is 13.9. The number of halogens is 4. The third-order valence-electron chi connectivity index (χ3n) is 9.72. The summed E-state index contributed by atoms with van der Waals surface area (Å²) in [6.07, 6.45) is 0.557. The van der Waals surface area contributed by atoms with Crippen LogP contribution in [0.25, 0.3) is 0 Å². The van der Waals surface area contributed by atoms with Gasteiger partial charge in [0, 0.05) is 84.4 Å². The second kappa shape index (κ2) is 25.3. The maximum Gasteiger partial charge on any atom is 0.299 e. The predicted octanol–water partition coefficient (Wildman–Crippen LogP) is 7.33. The summed E-state index contributed by atoms with van der Waals surface area (Å²) in [7, 11) is 3.70. The summed E-state index contributed by atoms with van der Waals surface area (Å²) in [5, 5.41) is 58.5. The minimum atomic E-state index is -1.11. The molecule has 362 valence electrons. The number of alkyl halides is 4. The van der Waals surface area contributed by atoms with E-state index in [2.05, 4.69) is 21.3 Å². The lowest BCUT2D eigenvalue weighted by molar-refractivity contribution is -0.394. The standard InChI is InChI=1S/C41H43Cl4N11O12/c1-50(2)12-4-11-46-38(57)26-18-28(20-29(19-26)49-41(60)31-22-35(52(15-9-44)16-10-45)37(56(67)68)24-33(31)54(63)64)48-39(58)25-5-3-6-27(17-25)47-40(59)30-21-34(51(13-7-42)14-8-43)36(55(65)66)23-32(30)53(61)62/h3,5-6,17-24H,4,7-16H2,1-2H3,(H,46,57)(H,47,59)(H,48,58)(H,49,60). The van der Waals surface area contributed by atoms with Gasteiger partial charge < -0.3 is 36.0 Å². The highest BCUT2D eigenvalue weighted by molar-refractivity contribution is 6.19. The van der Waals surface area contributed by atoms with Crippen LogP contribution in [0.1, 0.15) is 47.9 Å². The SMILES string of the molecule is CN(C)CCCNC(=O)c1cc(NC(=O)c2cccc(NC(=O)c3cc(N(CCCl)CCCl)c([N+](=O)[O-])cc3[N+](=O)[O-])c2)cc(NC(=O)c2cc(N(CCCl)CCCl)c([N+](=O)[O-])cc2[N+](=O)[O-])c1. The van der Waals surface area contributed by atoms with Crippen molar-refractivity contribution in [1.29, 1.82) is 0 Å². The number of rotatable bonds is 25. The molecule has 0 bridgehead atoms. The summed E-state index contributed by atoms with van der Waals surface area (Å²) in [6, 6.07) is 12.3. The minimum absolute atomic E-state index is 0.00414. The Hall–Kier alpha value is -6.92. The largest absolute Gasteiger partial charge is 0.364 e. The maximum atomic E-state index is 13.9. The molecule has 4 aromatic carbocycles. The number of amides is 4. The van der Waals surface area contributed by atoms with Crippen molar-refractivity contribution in [2.75, 3.05) is 103 Å². The van der Waals surface area contributed by atoms with Gasteiger partial charge >= 0.3 is 0 Å². The zero-order valence-electron chi connectivity index (χ0n) is 36.2. The molecule has 0 saturated heterocycles. The van der Waals surface area contributed by atoms with Crippen molar-refractivity contribution in [3.63, 3.8) is 0 Å². The van der Waals surface area contributed by atoms with Crippen LogP contribution in [0.4, 0.5) is 51.2 Å². The number of nitrogens with one attached hydrogen (secondary N) is 4. The average molecular weight is 1020 g/mol. The molecule has 0 radical (unpaired) electrons. The van der Waals surface area contributed by atoms with Gasteiger partial charge in [-0.1, -0.05) is 6.07 Å². The van der Waals surface area contributed by atoms with Crippen LogP contribution in [-0.2, 0) is 0 Å². The molecule has 0 heterocycles. The lowest BCUT2D eigenvalue weighted by Gasteiger charge is -2.23. The van der Waals surface area contributed by atoms with E-state index in [4.69, 9.17) is 46.4 Å². The number of anilines is 5. The summed E-state index contributed by atoms with van der Waals surface area (Å²) in [5.41, 5.74) is -4.99. The Morgan fingerprint density at radius 2 is 0.912 bits per heavy atom. The fourth-order valence-electron chi connectivity index (χ4n) is 6.65. The second-order valence-corrected chi connectivity index (χ2v) is 16.1. The minimum Gasteiger partial charge on any atom is -0.364 e. The van der Waals surface area contributed by atoms with Crippen LogP contribution in [0.3, 0.4) is 0 Å². The Kier molecular flexibility index (Phi) is 20.0. The van der Waals surface area contributed by atoms with E-state index in [1.54, 1.807) is 0 Å². The van der Waals surface area contributed by atoms with Crippen LogP contribution < -0.4 is 31.1 Å². The van der Waals surface area contributed by atoms with Gasteiger partial charge in [0.2, 0.25) is 0 Å². The molecule has 0 unspecified atom stereocenters. The number of hydrogen-bond acceptors (Lipinski definition) is 15. The Morgan fingerprint density at radius 1 is 0.500 bits per heavy atom. The third-order valence-corrected chi connectivity index (χ3v) is 10.4. The summed E-state index contributed by atoms with van der Waals surface area (Å²) in [6.45, 7) is 1.03. The van der Waals surface area contributed by atoms with E-state index in [0.717, 1.165) is 12.1 Å². The molecule has 68 heavy (non-hydrogen) atoms. The van der Waals surface area contributed by atoms with Crippen molar-refractivity contribution >= 4 is 121 Å². The van der Waals surface area contributed by atoms with Crippen LogP contribution in [0.15, 0.2) is 66.7 Å². The van der Waals surface area contributed by atoms with Crippen molar-refractivity contribution in [3.8, 4) is 0 Å². The van der Waals surface area contributed by atoms with Gasteiger partial charge in [-0.05, 0) is 75.6 Å². The molecule has 0 aliphatic rings. The van der Waals surface area contributed by atoms with Crippen molar-refractivity contribution in [2.24, 2.45) is 0 Å². The molecule has 27 heteroatoms. The number of nitro groups is 4. The molecule has 0 saturated carbocycles. The van der Waals surface area contributed by atoms with E-state index in [9.17, 15) is 59.6 Å². The highest BCUT2D eigenvalue weighted by atomic mass is 35.5. The van der Waals surface area contributed by atoms with E-state index in [0.29, 0.717) is 25.1 Å². The van der Waals surface area contributed by atoms with Crippen LogP contribution >= 0.6 is 46.4 Å². The van der Waals surface area contributed by atoms with Gasteiger partial charge in [0.25, 0.3) is 46.4 Å². The van der Waals surface area contributed by atoms with Crippen LogP contribution in [0.5, 0.6) is 0 Å². The van der Waals surface area contributed by atoms with E-state index in [1.165, 1.54) is 52.3 Å². The topological polar surface area (TPSA) is 299 Å². The van der Waals surface area contributed by atoms with Gasteiger partial charge in [-0.15, -0.1) is 46.4 Å². The van der Waals surface area contributed by atoms with Crippen LogP contribution in [0, 0.1) is 40.5 Å². The van der Waals surface area contributed by atoms with Gasteiger partial charge in [-0.2, -0.15) is 0 Å². The fourth-order valence-corrected chi connectivity index (χ4v) is 7.47. The Labute approximate surface area is 407 Å². The molecule has 0 aliphatic carbocycles. The zero-order chi connectivity index (χ0) is 50.2. The van der Waals surface area contributed by atoms with Crippen molar-refractivity contribution in [1.82, 2.24) is 10.2 Å². The Bertz CT molecular complexity index is 2580. The van der Waals surface area contributed by atoms with Gasteiger partial charge in [0.15, 0.2) is 0 Å². The zero-order valence-corrected chi connectivity index (χ0v) is 39.2. The first kappa shape index (κ1) is 53.7. The highest BCUT2D eigenvalue weighted by Crippen LogP contribution is 2.38. The number of benzene rings is 4. The number of hydrogen-bond donors (Lipinski definition) is 4. The summed E-state index contributed by atoms with van der Waals surface area (Å²) >= 11 is 23.7. The smallest absolute Gasteiger partial charge is 0.299 e. The van der Waals surface area contributed by atoms with Gasteiger partial charge in [-0.25, -0.2) is 0 Å². The summed E-state index contributed by atoms with van der Waals surface area (Å²) < 4.78 is 0. The Morgan fingerprint density at radius 3 is 1.32 bits per heavy atom. The Balaban J connectivity index is 1.72. The van der Waals surface area contributed by atoms with E-state index >= 15 is 0 Å². The molecule has 0 spiro atoms. The van der Waals surface area contributed by atoms with E-state index in [-0.39, 0.29) is 95.8 Å². The molecule has 0 fully saturated rings. The molecule has 4 amide bonds. The predicted molar refractivity (Wildman–Crippen MR) is 259 cm³/mol. The molecule has 0 atom stereocenters. The summed E-state index contributed by atoms with van der Waals surface area (Å²) in [4.78, 5) is 104. The van der Waals surface area contributed by atoms with E-state index in [1.807, 2.05) is 19.0 Å². The molecule has 4 rings (SSSR count).